The summed E-state index contributed by atoms with van der Waals surface area (Å²) in [4.78, 5) is 18.2. The third-order valence-electron chi connectivity index (χ3n) is 4.15. The van der Waals surface area contributed by atoms with Crippen molar-refractivity contribution in [3.05, 3.63) is 35.5 Å². The highest BCUT2D eigenvalue weighted by Gasteiger charge is 2.33. The first-order valence-corrected chi connectivity index (χ1v) is 7.85. The van der Waals surface area contributed by atoms with Gasteiger partial charge in [-0.1, -0.05) is 18.2 Å². The predicted octanol–water partition coefficient (Wildman–Crippen LogP) is 2.82. The summed E-state index contributed by atoms with van der Waals surface area (Å²) in [5, 5.41) is 4.21. The summed E-state index contributed by atoms with van der Waals surface area (Å²) in [6.45, 7) is 7.72. The van der Waals surface area contributed by atoms with E-state index in [-0.39, 0.29) is 5.91 Å². The molecule has 0 saturated carbocycles. The Balaban J connectivity index is 2.17. The van der Waals surface area contributed by atoms with Crippen LogP contribution in [0.5, 0.6) is 0 Å². The Morgan fingerprint density at radius 2 is 1.95 bits per heavy atom. The maximum Gasteiger partial charge on any atom is 0.230 e. The lowest BCUT2D eigenvalue weighted by Gasteiger charge is -2.25. The first-order chi connectivity index (χ1) is 10.3. The summed E-state index contributed by atoms with van der Waals surface area (Å²) in [6, 6.07) is 8.16. The molecule has 2 rings (SSSR count). The van der Waals surface area contributed by atoms with Crippen molar-refractivity contribution in [1.29, 1.82) is 0 Å². The minimum atomic E-state index is -0.554. The first kappa shape index (κ1) is 16.6. The molecule has 1 heterocycles. The van der Waals surface area contributed by atoms with Crippen molar-refractivity contribution < 1.29 is 4.79 Å². The normalized spacial score (nSPS) is 12.1. The largest absolute Gasteiger partial charge is 0.358 e. The molecule has 4 heteroatoms. The molecule has 22 heavy (non-hydrogen) atoms. The highest BCUT2D eigenvalue weighted by atomic mass is 16.2. The molecule has 0 saturated heterocycles. The monoisotopic (exact) mass is 301 g/mol. The van der Waals surface area contributed by atoms with Gasteiger partial charge in [0.1, 0.15) is 0 Å². The number of nitrogens with one attached hydrogen (secondary N) is 2. The molecule has 0 unspecified atom stereocenters. The zero-order valence-electron chi connectivity index (χ0n) is 14.3. The average Bonchev–Trinajstić information content (AvgIpc) is 2.79. The van der Waals surface area contributed by atoms with E-state index in [1.807, 2.05) is 47.0 Å². The topological polar surface area (TPSA) is 48.1 Å². The Bertz CT molecular complexity index is 655. The summed E-state index contributed by atoms with van der Waals surface area (Å²) in [6.07, 6.45) is 0.960. The van der Waals surface area contributed by atoms with Gasteiger partial charge in [0.25, 0.3) is 0 Å². The van der Waals surface area contributed by atoms with Gasteiger partial charge in [-0.05, 0) is 59.5 Å². The second-order valence-electron chi connectivity index (χ2n) is 6.71. The van der Waals surface area contributed by atoms with Gasteiger partial charge >= 0.3 is 0 Å². The lowest BCUT2D eigenvalue weighted by Crippen LogP contribution is -2.41. The minimum Gasteiger partial charge on any atom is -0.358 e. The molecule has 0 bridgehead atoms. The molecule has 0 atom stereocenters. The maximum absolute atomic E-state index is 12.7. The van der Waals surface area contributed by atoms with Crippen LogP contribution in [0.2, 0.25) is 0 Å². The third-order valence-corrected chi connectivity index (χ3v) is 4.15. The van der Waals surface area contributed by atoms with Gasteiger partial charge in [0.2, 0.25) is 5.91 Å². The highest BCUT2D eigenvalue weighted by Crippen LogP contribution is 2.33. The van der Waals surface area contributed by atoms with Gasteiger partial charge in [-0.2, -0.15) is 0 Å². The number of fused-ring (bicyclic) bond motifs is 1. The van der Waals surface area contributed by atoms with Gasteiger partial charge in [-0.25, -0.2) is 0 Å². The number of hydrogen-bond acceptors (Lipinski definition) is 2. The van der Waals surface area contributed by atoms with Crippen molar-refractivity contribution in [2.45, 2.75) is 32.6 Å². The number of benzene rings is 1. The third kappa shape index (κ3) is 3.33. The van der Waals surface area contributed by atoms with Crippen LogP contribution >= 0.6 is 0 Å². The molecule has 0 aliphatic rings. The molecule has 1 aromatic heterocycles. The van der Waals surface area contributed by atoms with E-state index in [0.29, 0.717) is 6.54 Å². The predicted molar refractivity (Wildman–Crippen MR) is 92.2 cm³/mol. The van der Waals surface area contributed by atoms with Gasteiger partial charge in [-0.15, -0.1) is 0 Å². The fourth-order valence-electron chi connectivity index (χ4n) is 3.01. The molecule has 1 aromatic carbocycles. The number of aromatic amines is 1. The van der Waals surface area contributed by atoms with E-state index in [4.69, 9.17) is 0 Å². The van der Waals surface area contributed by atoms with E-state index in [0.717, 1.165) is 35.1 Å². The summed E-state index contributed by atoms with van der Waals surface area (Å²) in [5.41, 5.74) is 2.69. The number of para-hydroxylation sites is 1. The van der Waals surface area contributed by atoms with Crippen LogP contribution in [0.1, 0.15) is 31.5 Å². The second-order valence-corrected chi connectivity index (χ2v) is 6.71. The van der Waals surface area contributed by atoms with Crippen molar-refractivity contribution >= 4 is 16.8 Å². The van der Waals surface area contributed by atoms with Crippen LogP contribution in [0.15, 0.2) is 24.3 Å². The fraction of sp³-hybridized carbons (Fsp3) is 0.500. The quantitative estimate of drug-likeness (QED) is 0.806. The maximum atomic E-state index is 12.7. The van der Waals surface area contributed by atoms with E-state index in [9.17, 15) is 4.79 Å². The van der Waals surface area contributed by atoms with Crippen LogP contribution in [-0.4, -0.2) is 43.0 Å². The number of aromatic nitrogens is 1. The lowest BCUT2D eigenvalue weighted by molar-refractivity contribution is -0.125. The highest BCUT2D eigenvalue weighted by molar-refractivity contribution is 5.95. The van der Waals surface area contributed by atoms with Crippen LogP contribution in [0, 0.1) is 6.92 Å². The van der Waals surface area contributed by atoms with E-state index < -0.39 is 5.41 Å². The molecule has 0 aliphatic heterocycles. The molecule has 1 amide bonds. The number of carbonyl (C=O) groups is 1. The van der Waals surface area contributed by atoms with E-state index in [2.05, 4.69) is 27.3 Å². The number of nitrogens with zero attached hydrogens (tertiary/aromatic N) is 1. The fourth-order valence-corrected chi connectivity index (χ4v) is 3.01. The van der Waals surface area contributed by atoms with E-state index in [1.165, 1.54) is 0 Å². The molecular formula is C18H27N3O. The Kier molecular flexibility index (Phi) is 4.91. The van der Waals surface area contributed by atoms with E-state index >= 15 is 0 Å². The smallest absolute Gasteiger partial charge is 0.230 e. The average molecular weight is 301 g/mol. The molecular weight excluding hydrogens is 274 g/mol. The van der Waals surface area contributed by atoms with Crippen molar-refractivity contribution in [3.63, 3.8) is 0 Å². The van der Waals surface area contributed by atoms with Crippen LogP contribution < -0.4 is 5.32 Å². The second kappa shape index (κ2) is 6.53. The Morgan fingerprint density at radius 3 is 2.64 bits per heavy atom. The van der Waals surface area contributed by atoms with Crippen molar-refractivity contribution in [2.24, 2.45) is 0 Å². The minimum absolute atomic E-state index is 0.0825. The van der Waals surface area contributed by atoms with Crippen LogP contribution in [0.4, 0.5) is 0 Å². The number of carbonyl (C=O) groups excluding carboxylic acids is 1. The summed E-state index contributed by atoms with van der Waals surface area (Å²) in [7, 11) is 4.09. The number of aryl methyl sites for hydroxylation is 1. The zero-order valence-corrected chi connectivity index (χ0v) is 14.3. The number of amides is 1. The molecule has 2 aromatic rings. The van der Waals surface area contributed by atoms with Crippen LogP contribution in [-0.2, 0) is 10.2 Å². The molecule has 0 spiro atoms. The summed E-state index contributed by atoms with van der Waals surface area (Å²) >= 11 is 0. The molecule has 2 N–H and O–H groups in total. The van der Waals surface area contributed by atoms with Gasteiger partial charge in [0, 0.05) is 23.1 Å². The molecule has 4 nitrogen and oxygen atoms in total. The summed E-state index contributed by atoms with van der Waals surface area (Å²) in [5.74, 6) is 0.0825. The zero-order chi connectivity index (χ0) is 16.3. The Labute approximate surface area is 132 Å². The van der Waals surface area contributed by atoms with Crippen molar-refractivity contribution in [2.75, 3.05) is 27.2 Å². The van der Waals surface area contributed by atoms with E-state index in [1.54, 1.807) is 0 Å². The number of H-pyrrole nitrogens is 1. The molecule has 0 radical (unpaired) electrons. The Morgan fingerprint density at radius 1 is 1.27 bits per heavy atom. The van der Waals surface area contributed by atoms with Gasteiger partial charge in [0.05, 0.1) is 5.41 Å². The number of rotatable bonds is 6. The molecule has 0 fully saturated rings. The molecule has 120 valence electrons. The lowest BCUT2D eigenvalue weighted by atomic mass is 9.81. The van der Waals surface area contributed by atoms with Crippen molar-refractivity contribution in [3.8, 4) is 0 Å². The van der Waals surface area contributed by atoms with Crippen molar-refractivity contribution in [1.82, 2.24) is 15.2 Å². The van der Waals surface area contributed by atoms with Crippen LogP contribution in [0.25, 0.3) is 10.9 Å². The SMILES string of the molecule is Cc1[nH]c2ccccc2c1C(C)(C)C(=O)NCCCN(C)C. The van der Waals surface area contributed by atoms with Gasteiger partial charge < -0.3 is 15.2 Å². The standard InChI is InChI=1S/C18H27N3O/c1-13-16(14-9-6-7-10-15(14)20-13)18(2,3)17(22)19-11-8-12-21(4)5/h6-7,9-10,20H,8,11-12H2,1-5H3,(H,19,22). The molecule has 0 aliphatic carbocycles. The van der Waals surface area contributed by atoms with Gasteiger partial charge in [-0.3, -0.25) is 4.79 Å². The van der Waals surface area contributed by atoms with Gasteiger partial charge in [0.15, 0.2) is 0 Å². The Hall–Kier alpha value is -1.81. The first-order valence-electron chi connectivity index (χ1n) is 7.85. The van der Waals surface area contributed by atoms with Crippen LogP contribution in [0.3, 0.4) is 0 Å². The number of hydrogen-bond donors (Lipinski definition) is 2. The summed E-state index contributed by atoms with van der Waals surface area (Å²) < 4.78 is 0.